The van der Waals surface area contributed by atoms with E-state index in [0.29, 0.717) is 54.4 Å². The van der Waals surface area contributed by atoms with Crippen molar-refractivity contribution in [2.24, 2.45) is 10.7 Å². The third-order valence-corrected chi connectivity index (χ3v) is 4.10. The van der Waals surface area contributed by atoms with Crippen molar-refractivity contribution in [2.45, 2.75) is 13.0 Å². The van der Waals surface area contributed by atoms with Gasteiger partial charge in [-0.05, 0) is 24.1 Å². The van der Waals surface area contributed by atoms with Crippen LogP contribution in [0.15, 0.2) is 41.4 Å². The van der Waals surface area contributed by atoms with Gasteiger partial charge in [0.25, 0.3) is 0 Å². The molecule has 0 saturated carbocycles. The van der Waals surface area contributed by atoms with Gasteiger partial charge in [-0.25, -0.2) is 4.99 Å². The summed E-state index contributed by atoms with van der Waals surface area (Å²) in [4.78, 5) is 4.34. The van der Waals surface area contributed by atoms with E-state index in [0.717, 1.165) is 12.0 Å². The second-order valence-electron chi connectivity index (χ2n) is 6.07. The molecule has 0 heterocycles. The van der Waals surface area contributed by atoms with Gasteiger partial charge >= 0.3 is 0 Å². The van der Waals surface area contributed by atoms with Gasteiger partial charge in [0.2, 0.25) is 0 Å². The fourth-order valence-corrected chi connectivity index (χ4v) is 2.55. The first-order valence-corrected chi connectivity index (χ1v) is 9.20. The number of ether oxygens (including phenoxy) is 5. The molecule has 158 valence electrons. The number of rotatable bonds is 11. The van der Waals surface area contributed by atoms with E-state index >= 15 is 0 Å². The van der Waals surface area contributed by atoms with E-state index in [1.807, 2.05) is 30.3 Å². The standard InChI is InChI=1S/C21H29N3O5/c1-25-16-11-17(26-2)13-18(12-16)29-9-5-8-23-21(22)24-14-15-6-7-19(27-3)20(10-15)28-4/h6-7,10-13H,5,8-9,14H2,1-4H3,(H3,22,23,24). The molecular formula is C21H29N3O5. The van der Waals surface area contributed by atoms with Gasteiger partial charge in [-0.3, -0.25) is 0 Å². The molecule has 2 aromatic rings. The number of guanidine groups is 1. The van der Waals surface area contributed by atoms with Gasteiger partial charge in [0.15, 0.2) is 17.5 Å². The van der Waals surface area contributed by atoms with Crippen molar-refractivity contribution in [3.8, 4) is 28.7 Å². The number of nitrogens with zero attached hydrogens (tertiary/aromatic N) is 1. The molecule has 29 heavy (non-hydrogen) atoms. The minimum Gasteiger partial charge on any atom is -0.496 e. The molecule has 0 spiro atoms. The van der Waals surface area contributed by atoms with Gasteiger partial charge in [-0.15, -0.1) is 0 Å². The lowest BCUT2D eigenvalue weighted by Gasteiger charge is -2.11. The van der Waals surface area contributed by atoms with E-state index in [9.17, 15) is 0 Å². The van der Waals surface area contributed by atoms with E-state index < -0.39 is 0 Å². The molecule has 0 aliphatic rings. The molecule has 3 N–H and O–H groups in total. The quantitative estimate of drug-likeness (QED) is 0.338. The molecule has 0 atom stereocenters. The second-order valence-corrected chi connectivity index (χ2v) is 6.07. The summed E-state index contributed by atoms with van der Waals surface area (Å²) in [6.45, 7) is 1.61. The molecule has 0 fully saturated rings. The molecular weight excluding hydrogens is 374 g/mol. The van der Waals surface area contributed by atoms with Crippen LogP contribution >= 0.6 is 0 Å². The number of methoxy groups -OCH3 is 4. The highest BCUT2D eigenvalue weighted by Gasteiger charge is 2.05. The van der Waals surface area contributed by atoms with Crippen LogP contribution in [0, 0.1) is 0 Å². The molecule has 2 aromatic carbocycles. The molecule has 0 aromatic heterocycles. The molecule has 0 saturated heterocycles. The second kappa shape index (κ2) is 11.5. The van der Waals surface area contributed by atoms with Crippen LogP contribution in [0.25, 0.3) is 0 Å². The first-order chi connectivity index (χ1) is 14.1. The largest absolute Gasteiger partial charge is 0.496 e. The Morgan fingerprint density at radius 3 is 2.14 bits per heavy atom. The first-order valence-electron chi connectivity index (χ1n) is 9.20. The van der Waals surface area contributed by atoms with Crippen LogP contribution in [0.1, 0.15) is 12.0 Å². The van der Waals surface area contributed by atoms with Crippen LogP contribution < -0.4 is 34.7 Å². The summed E-state index contributed by atoms with van der Waals surface area (Å²) in [5.74, 6) is 3.78. The average Bonchev–Trinajstić information content (AvgIpc) is 2.76. The van der Waals surface area contributed by atoms with Gasteiger partial charge in [0.1, 0.15) is 17.2 Å². The summed E-state index contributed by atoms with van der Waals surface area (Å²) in [7, 11) is 6.41. The molecule has 0 aliphatic heterocycles. The Morgan fingerprint density at radius 1 is 0.862 bits per heavy atom. The van der Waals surface area contributed by atoms with Crippen LogP contribution in [-0.2, 0) is 6.54 Å². The van der Waals surface area contributed by atoms with E-state index in [4.69, 9.17) is 29.4 Å². The Bertz CT molecular complexity index is 789. The van der Waals surface area contributed by atoms with E-state index in [1.54, 1.807) is 34.5 Å². The minimum atomic E-state index is 0.378. The summed E-state index contributed by atoms with van der Waals surface area (Å²) in [5, 5.41) is 3.08. The fourth-order valence-electron chi connectivity index (χ4n) is 2.55. The summed E-state index contributed by atoms with van der Waals surface area (Å²) in [6, 6.07) is 11.1. The Morgan fingerprint density at radius 2 is 1.52 bits per heavy atom. The SMILES string of the molecule is COc1cc(OC)cc(OCCCNC(N)=NCc2ccc(OC)c(OC)c2)c1. The van der Waals surface area contributed by atoms with Crippen LogP contribution in [0.4, 0.5) is 0 Å². The first kappa shape index (κ1) is 22.0. The molecule has 0 bridgehead atoms. The zero-order valence-corrected chi connectivity index (χ0v) is 17.4. The number of nitrogens with one attached hydrogen (secondary N) is 1. The predicted molar refractivity (Wildman–Crippen MR) is 113 cm³/mol. The van der Waals surface area contributed by atoms with Gasteiger partial charge in [-0.1, -0.05) is 6.07 Å². The van der Waals surface area contributed by atoms with Crippen molar-refractivity contribution in [3.05, 3.63) is 42.0 Å². The van der Waals surface area contributed by atoms with Gasteiger partial charge in [0, 0.05) is 24.7 Å². The zero-order chi connectivity index (χ0) is 21.1. The van der Waals surface area contributed by atoms with Crippen molar-refractivity contribution in [1.82, 2.24) is 5.32 Å². The van der Waals surface area contributed by atoms with Crippen molar-refractivity contribution in [3.63, 3.8) is 0 Å². The maximum Gasteiger partial charge on any atom is 0.188 e. The van der Waals surface area contributed by atoms with Crippen molar-refractivity contribution < 1.29 is 23.7 Å². The molecule has 8 heteroatoms. The van der Waals surface area contributed by atoms with E-state index in [1.165, 1.54) is 0 Å². The van der Waals surface area contributed by atoms with Gasteiger partial charge in [-0.2, -0.15) is 0 Å². The normalized spacial score (nSPS) is 11.0. The molecule has 0 amide bonds. The van der Waals surface area contributed by atoms with Crippen LogP contribution in [-0.4, -0.2) is 47.6 Å². The lowest BCUT2D eigenvalue weighted by atomic mass is 10.2. The Balaban J connectivity index is 1.75. The molecule has 0 aliphatic carbocycles. The summed E-state index contributed by atoms with van der Waals surface area (Å²) >= 11 is 0. The Hall–Kier alpha value is -3.29. The minimum absolute atomic E-state index is 0.378. The predicted octanol–water partition coefficient (Wildman–Crippen LogP) is 2.59. The third kappa shape index (κ3) is 6.99. The van der Waals surface area contributed by atoms with E-state index in [-0.39, 0.29) is 0 Å². The Kier molecular flexibility index (Phi) is 8.75. The number of aliphatic imine (C=N–C) groups is 1. The fraction of sp³-hybridized carbons (Fsp3) is 0.381. The number of hydrogen-bond acceptors (Lipinski definition) is 6. The van der Waals surface area contributed by atoms with Crippen LogP contribution in [0.3, 0.4) is 0 Å². The lowest BCUT2D eigenvalue weighted by Crippen LogP contribution is -2.33. The summed E-state index contributed by atoms with van der Waals surface area (Å²) < 4.78 is 26.7. The smallest absolute Gasteiger partial charge is 0.188 e. The summed E-state index contributed by atoms with van der Waals surface area (Å²) in [5.41, 5.74) is 6.90. The monoisotopic (exact) mass is 403 g/mol. The highest BCUT2D eigenvalue weighted by Crippen LogP contribution is 2.28. The van der Waals surface area contributed by atoms with Gasteiger partial charge < -0.3 is 34.7 Å². The average molecular weight is 403 g/mol. The van der Waals surface area contributed by atoms with Crippen LogP contribution in [0.2, 0.25) is 0 Å². The highest BCUT2D eigenvalue weighted by atomic mass is 16.5. The topological polar surface area (TPSA) is 96.6 Å². The number of benzene rings is 2. The summed E-state index contributed by atoms with van der Waals surface area (Å²) in [6.07, 6.45) is 0.756. The zero-order valence-electron chi connectivity index (χ0n) is 17.4. The third-order valence-electron chi connectivity index (χ3n) is 4.10. The lowest BCUT2D eigenvalue weighted by molar-refractivity contribution is 0.305. The molecule has 0 radical (unpaired) electrons. The maximum absolute atomic E-state index is 5.93. The molecule has 8 nitrogen and oxygen atoms in total. The van der Waals surface area contributed by atoms with Crippen LogP contribution in [0.5, 0.6) is 28.7 Å². The van der Waals surface area contributed by atoms with Gasteiger partial charge in [0.05, 0.1) is 41.6 Å². The maximum atomic E-state index is 5.93. The number of nitrogens with two attached hydrogens (primary N) is 1. The highest BCUT2D eigenvalue weighted by molar-refractivity contribution is 5.77. The molecule has 0 unspecified atom stereocenters. The molecule has 2 rings (SSSR count). The van der Waals surface area contributed by atoms with Crippen molar-refractivity contribution in [1.29, 1.82) is 0 Å². The van der Waals surface area contributed by atoms with Crippen molar-refractivity contribution >= 4 is 5.96 Å². The Labute approximate surface area is 171 Å². The van der Waals surface area contributed by atoms with E-state index in [2.05, 4.69) is 10.3 Å². The number of hydrogen-bond donors (Lipinski definition) is 2. The van der Waals surface area contributed by atoms with Crippen molar-refractivity contribution in [2.75, 3.05) is 41.6 Å².